The lowest BCUT2D eigenvalue weighted by molar-refractivity contribution is 0.0973. The van der Waals surface area contributed by atoms with Gasteiger partial charge in [-0.2, -0.15) is 0 Å². The molecule has 90 valence electrons. The topological polar surface area (TPSA) is 74.9 Å². The zero-order valence-corrected chi connectivity index (χ0v) is 9.69. The number of aliphatic hydroxyl groups is 1. The third-order valence-corrected chi connectivity index (χ3v) is 3.83. The predicted octanol–water partition coefficient (Wildman–Crippen LogP) is 1.65. The Balaban J connectivity index is 2.03. The van der Waals surface area contributed by atoms with Gasteiger partial charge < -0.3 is 15.8 Å². The molecule has 1 fully saturated rings. The Morgan fingerprint density at radius 2 is 2.18 bits per heavy atom. The Kier molecular flexibility index (Phi) is 2.42. The Morgan fingerprint density at radius 3 is 2.94 bits per heavy atom. The van der Waals surface area contributed by atoms with Crippen LogP contribution in [0.2, 0.25) is 0 Å². The number of nitrogens with one attached hydrogen (secondary N) is 1. The van der Waals surface area contributed by atoms with Crippen molar-refractivity contribution in [1.29, 1.82) is 0 Å². The van der Waals surface area contributed by atoms with Crippen LogP contribution >= 0.6 is 0 Å². The molecule has 1 saturated carbocycles. The van der Waals surface area contributed by atoms with Gasteiger partial charge in [0.1, 0.15) is 5.65 Å². The third kappa shape index (κ3) is 1.73. The van der Waals surface area contributed by atoms with E-state index in [1.165, 1.54) is 0 Å². The van der Waals surface area contributed by atoms with Gasteiger partial charge in [-0.25, -0.2) is 4.98 Å². The number of hydrogen-bond donors (Lipinski definition) is 3. The van der Waals surface area contributed by atoms with E-state index in [4.69, 9.17) is 5.73 Å². The highest BCUT2D eigenvalue weighted by Gasteiger charge is 2.34. The highest BCUT2D eigenvalue weighted by Crippen LogP contribution is 2.37. The van der Waals surface area contributed by atoms with Crippen molar-refractivity contribution in [2.45, 2.75) is 37.3 Å². The molecule has 0 unspecified atom stereocenters. The van der Waals surface area contributed by atoms with Crippen LogP contribution in [0.1, 0.15) is 31.2 Å². The van der Waals surface area contributed by atoms with E-state index in [9.17, 15) is 5.11 Å². The summed E-state index contributed by atoms with van der Waals surface area (Å²) in [7, 11) is 0. The first-order chi connectivity index (χ1) is 8.19. The maximum Gasteiger partial charge on any atom is 0.137 e. The molecule has 4 N–H and O–H groups in total. The van der Waals surface area contributed by atoms with Crippen molar-refractivity contribution in [2.75, 3.05) is 0 Å². The summed E-state index contributed by atoms with van der Waals surface area (Å²) >= 11 is 0. The average Bonchev–Trinajstić information content (AvgIpc) is 2.78. The van der Waals surface area contributed by atoms with Gasteiger partial charge in [-0.15, -0.1) is 0 Å². The van der Waals surface area contributed by atoms with E-state index < -0.39 is 0 Å². The van der Waals surface area contributed by atoms with Gasteiger partial charge in [-0.05, 0) is 43.4 Å². The van der Waals surface area contributed by atoms with E-state index in [1.54, 1.807) is 6.20 Å². The quantitative estimate of drug-likeness (QED) is 0.698. The maximum absolute atomic E-state index is 9.58. The molecule has 0 atom stereocenters. The van der Waals surface area contributed by atoms with Crippen LogP contribution in [0.15, 0.2) is 24.5 Å². The van der Waals surface area contributed by atoms with Crippen LogP contribution in [0.25, 0.3) is 11.0 Å². The smallest absolute Gasteiger partial charge is 0.137 e. The Labute approximate surface area is 99.9 Å². The predicted molar refractivity (Wildman–Crippen MR) is 66.4 cm³/mol. The SMILES string of the molecule is NC1(c2c[nH]c3ncccc23)CCC(O)CC1. The maximum atomic E-state index is 9.58. The van der Waals surface area contributed by atoms with Gasteiger partial charge in [-0.1, -0.05) is 0 Å². The van der Waals surface area contributed by atoms with Crippen LogP contribution in [-0.4, -0.2) is 21.2 Å². The largest absolute Gasteiger partial charge is 0.393 e. The van der Waals surface area contributed by atoms with Crippen LogP contribution in [0.4, 0.5) is 0 Å². The summed E-state index contributed by atoms with van der Waals surface area (Å²) < 4.78 is 0. The minimum Gasteiger partial charge on any atom is -0.393 e. The van der Waals surface area contributed by atoms with Gasteiger partial charge in [0.2, 0.25) is 0 Å². The Morgan fingerprint density at radius 1 is 1.41 bits per heavy atom. The van der Waals surface area contributed by atoms with Crippen LogP contribution in [0, 0.1) is 0 Å². The van der Waals surface area contributed by atoms with Crippen molar-refractivity contribution in [1.82, 2.24) is 9.97 Å². The standard InChI is InChI=1S/C13H17N3O/c14-13(5-3-9(17)4-6-13)11-8-16-12-10(11)2-1-7-15-12/h1-2,7-9,17H,3-6,14H2,(H,15,16). The summed E-state index contributed by atoms with van der Waals surface area (Å²) in [6.07, 6.45) is 6.78. The van der Waals surface area contributed by atoms with Crippen molar-refractivity contribution in [3.8, 4) is 0 Å². The summed E-state index contributed by atoms with van der Waals surface area (Å²) in [6.45, 7) is 0. The normalized spacial score (nSPS) is 29.6. The second-order valence-corrected chi connectivity index (χ2v) is 4.99. The van der Waals surface area contributed by atoms with E-state index in [2.05, 4.69) is 9.97 Å². The lowest BCUT2D eigenvalue weighted by Crippen LogP contribution is -2.41. The van der Waals surface area contributed by atoms with E-state index in [-0.39, 0.29) is 11.6 Å². The molecule has 2 heterocycles. The number of aromatic amines is 1. The molecule has 4 heteroatoms. The minimum absolute atomic E-state index is 0.185. The molecule has 3 rings (SSSR count). The first-order valence-electron chi connectivity index (χ1n) is 6.08. The molecule has 0 aliphatic heterocycles. The van der Waals surface area contributed by atoms with Gasteiger partial charge in [0.15, 0.2) is 0 Å². The number of rotatable bonds is 1. The first kappa shape index (κ1) is 10.7. The summed E-state index contributed by atoms with van der Waals surface area (Å²) in [5.74, 6) is 0. The van der Waals surface area contributed by atoms with Crippen molar-refractivity contribution in [3.63, 3.8) is 0 Å². The molecule has 0 saturated heterocycles. The second-order valence-electron chi connectivity index (χ2n) is 4.99. The fourth-order valence-corrected chi connectivity index (χ4v) is 2.75. The Hall–Kier alpha value is -1.39. The van der Waals surface area contributed by atoms with E-state index in [0.29, 0.717) is 0 Å². The molecule has 0 spiro atoms. The summed E-state index contributed by atoms with van der Waals surface area (Å²) in [6, 6.07) is 3.98. The second kappa shape index (κ2) is 3.82. The number of aliphatic hydroxyl groups excluding tert-OH is 1. The average molecular weight is 231 g/mol. The van der Waals surface area contributed by atoms with Crippen molar-refractivity contribution in [3.05, 3.63) is 30.1 Å². The zero-order chi connectivity index (χ0) is 11.9. The summed E-state index contributed by atoms with van der Waals surface area (Å²) in [5.41, 5.74) is 8.19. The molecule has 4 nitrogen and oxygen atoms in total. The molecular weight excluding hydrogens is 214 g/mol. The first-order valence-corrected chi connectivity index (χ1v) is 6.08. The van der Waals surface area contributed by atoms with Crippen molar-refractivity contribution >= 4 is 11.0 Å². The van der Waals surface area contributed by atoms with E-state index >= 15 is 0 Å². The van der Waals surface area contributed by atoms with Gasteiger partial charge in [-0.3, -0.25) is 0 Å². The van der Waals surface area contributed by atoms with Crippen LogP contribution in [-0.2, 0) is 5.54 Å². The molecule has 0 radical (unpaired) electrons. The molecule has 2 aromatic rings. The van der Waals surface area contributed by atoms with Gasteiger partial charge in [0, 0.05) is 23.3 Å². The van der Waals surface area contributed by atoms with Gasteiger partial charge in [0.05, 0.1) is 6.10 Å². The number of H-pyrrole nitrogens is 1. The van der Waals surface area contributed by atoms with Crippen LogP contribution in [0.3, 0.4) is 0 Å². The van der Waals surface area contributed by atoms with Gasteiger partial charge in [0.25, 0.3) is 0 Å². The number of fused-ring (bicyclic) bond motifs is 1. The zero-order valence-electron chi connectivity index (χ0n) is 9.69. The highest BCUT2D eigenvalue weighted by molar-refractivity contribution is 5.80. The number of hydrogen-bond acceptors (Lipinski definition) is 3. The lowest BCUT2D eigenvalue weighted by atomic mass is 9.76. The molecule has 2 aromatic heterocycles. The summed E-state index contributed by atoms with van der Waals surface area (Å²) in [5, 5.41) is 10.7. The molecule has 0 amide bonds. The minimum atomic E-state index is -0.319. The number of pyridine rings is 1. The monoisotopic (exact) mass is 231 g/mol. The number of nitrogens with two attached hydrogens (primary N) is 1. The fourth-order valence-electron chi connectivity index (χ4n) is 2.75. The van der Waals surface area contributed by atoms with Crippen LogP contribution < -0.4 is 5.73 Å². The van der Waals surface area contributed by atoms with Crippen molar-refractivity contribution < 1.29 is 5.11 Å². The van der Waals surface area contributed by atoms with Crippen molar-refractivity contribution in [2.24, 2.45) is 5.73 Å². The number of nitrogens with zero attached hydrogens (tertiary/aromatic N) is 1. The molecular formula is C13H17N3O. The summed E-state index contributed by atoms with van der Waals surface area (Å²) in [4.78, 5) is 7.45. The van der Waals surface area contributed by atoms with E-state index in [0.717, 1.165) is 42.3 Å². The number of aromatic nitrogens is 2. The highest BCUT2D eigenvalue weighted by atomic mass is 16.3. The fraction of sp³-hybridized carbons (Fsp3) is 0.462. The molecule has 0 aromatic carbocycles. The molecule has 1 aliphatic rings. The molecule has 17 heavy (non-hydrogen) atoms. The molecule has 1 aliphatic carbocycles. The van der Waals surface area contributed by atoms with Gasteiger partial charge >= 0.3 is 0 Å². The van der Waals surface area contributed by atoms with E-state index in [1.807, 2.05) is 18.3 Å². The Bertz CT molecular complexity index is 526. The molecule has 0 bridgehead atoms. The third-order valence-electron chi connectivity index (χ3n) is 3.83. The van der Waals surface area contributed by atoms with Crippen LogP contribution in [0.5, 0.6) is 0 Å². The lowest BCUT2D eigenvalue weighted by Gasteiger charge is -2.35.